The van der Waals surface area contributed by atoms with Gasteiger partial charge in [-0.2, -0.15) is 0 Å². The molecular formula is C15H25NO3. The summed E-state index contributed by atoms with van der Waals surface area (Å²) >= 11 is 0. The average molecular weight is 267 g/mol. The van der Waals surface area contributed by atoms with E-state index in [-0.39, 0.29) is 0 Å². The molecule has 1 aromatic carbocycles. The van der Waals surface area contributed by atoms with Crippen LogP contribution in [0.25, 0.3) is 0 Å². The van der Waals surface area contributed by atoms with Gasteiger partial charge in [-0.1, -0.05) is 19.9 Å². The zero-order valence-electron chi connectivity index (χ0n) is 12.4. The minimum absolute atomic E-state index is 0.537. The molecule has 1 aromatic rings. The van der Waals surface area contributed by atoms with Crippen molar-refractivity contribution < 1.29 is 14.2 Å². The molecule has 0 heterocycles. The van der Waals surface area contributed by atoms with E-state index in [0.717, 1.165) is 19.4 Å². The van der Waals surface area contributed by atoms with Crippen LogP contribution in [0.4, 0.5) is 0 Å². The quantitative estimate of drug-likeness (QED) is 0.698. The van der Waals surface area contributed by atoms with Crippen molar-refractivity contribution in [3.05, 3.63) is 18.2 Å². The predicted molar refractivity (Wildman–Crippen MR) is 77.4 cm³/mol. The molecular weight excluding hydrogens is 242 g/mol. The van der Waals surface area contributed by atoms with Gasteiger partial charge in [0.25, 0.3) is 0 Å². The summed E-state index contributed by atoms with van der Waals surface area (Å²) in [6.45, 7) is 5.98. The van der Waals surface area contributed by atoms with Crippen molar-refractivity contribution in [2.45, 2.75) is 32.7 Å². The average Bonchev–Trinajstić information content (AvgIpc) is 2.42. The molecule has 0 saturated carbocycles. The monoisotopic (exact) mass is 267 g/mol. The largest absolute Gasteiger partial charge is 0.493 e. The maximum atomic E-state index is 5.78. The van der Waals surface area contributed by atoms with Crippen LogP contribution < -0.4 is 19.5 Å². The number of para-hydroxylation sites is 1. The molecule has 0 unspecified atom stereocenters. The third kappa shape index (κ3) is 5.39. The van der Waals surface area contributed by atoms with Crippen LogP contribution in [0.3, 0.4) is 0 Å². The van der Waals surface area contributed by atoms with Crippen LogP contribution in [0.15, 0.2) is 18.2 Å². The summed E-state index contributed by atoms with van der Waals surface area (Å²) in [5.74, 6) is 2.10. The van der Waals surface area contributed by atoms with E-state index in [2.05, 4.69) is 19.2 Å². The van der Waals surface area contributed by atoms with Crippen LogP contribution >= 0.6 is 0 Å². The van der Waals surface area contributed by atoms with Crippen molar-refractivity contribution in [3.63, 3.8) is 0 Å². The molecule has 4 heteroatoms. The number of hydrogen-bond acceptors (Lipinski definition) is 4. The van der Waals surface area contributed by atoms with E-state index < -0.39 is 0 Å². The van der Waals surface area contributed by atoms with Gasteiger partial charge in [0.1, 0.15) is 0 Å². The van der Waals surface area contributed by atoms with Crippen molar-refractivity contribution in [1.29, 1.82) is 0 Å². The fourth-order valence-corrected chi connectivity index (χ4v) is 1.75. The Balaban J connectivity index is 2.40. The smallest absolute Gasteiger partial charge is 0.203 e. The van der Waals surface area contributed by atoms with Gasteiger partial charge in [0.05, 0.1) is 20.8 Å². The third-order valence-corrected chi connectivity index (χ3v) is 2.75. The lowest BCUT2D eigenvalue weighted by Gasteiger charge is -2.14. The van der Waals surface area contributed by atoms with E-state index in [1.807, 2.05) is 18.2 Å². The second-order valence-electron chi connectivity index (χ2n) is 4.66. The first-order chi connectivity index (χ1) is 9.19. The third-order valence-electron chi connectivity index (χ3n) is 2.75. The fraction of sp³-hybridized carbons (Fsp3) is 0.600. The number of methoxy groups -OCH3 is 2. The first-order valence-electron chi connectivity index (χ1n) is 6.76. The lowest BCUT2D eigenvalue weighted by Crippen LogP contribution is -2.23. The summed E-state index contributed by atoms with van der Waals surface area (Å²) in [4.78, 5) is 0. The number of nitrogens with one attached hydrogen (secondary N) is 1. The molecule has 4 nitrogen and oxygen atoms in total. The van der Waals surface area contributed by atoms with Gasteiger partial charge in [0.15, 0.2) is 11.5 Å². The summed E-state index contributed by atoms with van der Waals surface area (Å²) in [5.41, 5.74) is 0. The Labute approximate surface area is 116 Å². The molecule has 19 heavy (non-hydrogen) atoms. The van der Waals surface area contributed by atoms with Gasteiger partial charge in [0.2, 0.25) is 5.75 Å². The molecule has 1 rings (SSSR count). The Bertz CT molecular complexity index is 344. The van der Waals surface area contributed by atoms with E-state index in [4.69, 9.17) is 14.2 Å². The van der Waals surface area contributed by atoms with Crippen LogP contribution in [0.2, 0.25) is 0 Å². The van der Waals surface area contributed by atoms with Gasteiger partial charge in [-0.25, -0.2) is 0 Å². The van der Waals surface area contributed by atoms with Crippen molar-refractivity contribution in [1.82, 2.24) is 5.32 Å². The van der Waals surface area contributed by atoms with Crippen LogP contribution in [-0.2, 0) is 0 Å². The topological polar surface area (TPSA) is 39.7 Å². The first kappa shape index (κ1) is 15.6. The fourth-order valence-electron chi connectivity index (χ4n) is 1.75. The molecule has 0 aliphatic carbocycles. The summed E-state index contributed by atoms with van der Waals surface area (Å²) in [6, 6.07) is 6.17. The molecule has 0 aromatic heterocycles. The van der Waals surface area contributed by atoms with Gasteiger partial charge >= 0.3 is 0 Å². The van der Waals surface area contributed by atoms with Crippen molar-refractivity contribution in [2.24, 2.45) is 0 Å². The zero-order chi connectivity index (χ0) is 14.1. The molecule has 0 atom stereocenters. The van der Waals surface area contributed by atoms with E-state index >= 15 is 0 Å². The minimum atomic E-state index is 0.537. The number of unbranched alkanes of at least 4 members (excludes halogenated alkanes) is 1. The summed E-state index contributed by atoms with van der Waals surface area (Å²) in [7, 11) is 3.27. The molecule has 0 saturated heterocycles. The van der Waals surface area contributed by atoms with Gasteiger partial charge in [-0.3, -0.25) is 0 Å². The molecule has 108 valence electrons. The van der Waals surface area contributed by atoms with Crippen LogP contribution in [0.1, 0.15) is 26.7 Å². The summed E-state index contributed by atoms with van der Waals surface area (Å²) < 4.78 is 16.3. The molecule has 0 aliphatic rings. The van der Waals surface area contributed by atoms with E-state index in [9.17, 15) is 0 Å². The number of ether oxygens (including phenoxy) is 3. The van der Waals surface area contributed by atoms with Crippen molar-refractivity contribution in [3.8, 4) is 17.2 Å². The first-order valence-corrected chi connectivity index (χ1v) is 6.76. The summed E-state index contributed by atoms with van der Waals surface area (Å²) in [5, 5.41) is 3.38. The van der Waals surface area contributed by atoms with Crippen molar-refractivity contribution in [2.75, 3.05) is 27.4 Å². The Morgan fingerprint density at radius 3 is 2.21 bits per heavy atom. The standard InChI is InChI=1S/C15H25NO3/c1-12(2)16-10-5-6-11-19-15-13(17-3)8-7-9-14(15)18-4/h7-9,12,16H,5-6,10-11H2,1-4H3. The molecule has 0 bridgehead atoms. The van der Waals surface area contributed by atoms with Gasteiger partial charge in [0, 0.05) is 6.04 Å². The lowest BCUT2D eigenvalue weighted by molar-refractivity contribution is 0.267. The maximum absolute atomic E-state index is 5.78. The predicted octanol–water partition coefficient (Wildman–Crippen LogP) is 2.86. The minimum Gasteiger partial charge on any atom is -0.493 e. The number of rotatable bonds is 9. The van der Waals surface area contributed by atoms with Crippen LogP contribution in [0.5, 0.6) is 17.2 Å². The number of hydrogen-bond donors (Lipinski definition) is 1. The molecule has 0 radical (unpaired) electrons. The van der Waals surface area contributed by atoms with Gasteiger partial charge in [-0.15, -0.1) is 0 Å². The summed E-state index contributed by atoms with van der Waals surface area (Å²) in [6.07, 6.45) is 2.09. The van der Waals surface area contributed by atoms with Crippen LogP contribution in [0, 0.1) is 0 Å². The highest BCUT2D eigenvalue weighted by molar-refractivity contribution is 5.51. The highest BCUT2D eigenvalue weighted by atomic mass is 16.5. The molecule has 0 spiro atoms. The Morgan fingerprint density at radius 2 is 1.68 bits per heavy atom. The van der Waals surface area contributed by atoms with Crippen molar-refractivity contribution >= 4 is 0 Å². The Morgan fingerprint density at radius 1 is 1.05 bits per heavy atom. The van der Waals surface area contributed by atoms with Gasteiger partial charge < -0.3 is 19.5 Å². The highest BCUT2D eigenvalue weighted by Crippen LogP contribution is 2.36. The molecule has 0 amide bonds. The second kappa shape index (κ2) is 8.64. The SMILES string of the molecule is COc1cccc(OC)c1OCCCCNC(C)C. The van der Waals surface area contributed by atoms with E-state index in [1.165, 1.54) is 0 Å². The molecule has 0 fully saturated rings. The van der Waals surface area contributed by atoms with E-state index in [1.54, 1.807) is 14.2 Å². The zero-order valence-corrected chi connectivity index (χ0v) is 12.4. The Hall–Kier alpha value is -1.42. The second-order valence-corrected chi connectivity index (χ2v) is 4.66. The van der Waals surface area contributed by atoms with Gasteiger partial charge in [-0.05, 0) is 31.5 Å². The lowest BCUT2D eigenvalue weighted by atomic mass is 10.3. The normalized spacial score (nSPS) is 10.6. The van der Waals surface area contributed by atoms with E-state index in [0.29, 0.717) is 29.9 Å². The van der Waals surface area contributed by atoms with Crippen LogP contribution in [-0.4, -0.2) is 33.4 Å². The Kier molecular flexibility index (Phi) is 7.11. The maximum Gasteiger partial charge on any atom is 0.203 e. The molecule has 0 aliphatic heterocycles. The highest BCUT2D eigenvalue weighted by Gasteiger charge is 2.10. The molecule has 1 N–H and O–H groups in total. The number of benzene rings is 1.